The zero-order valence-electron chi connectivity index (χ0n) is 15.1. The maximum Gasteiger partial charge on any atom is 0.271 e. The summed E-state index contributed by atoms with van der Waals surface area (Å²) in [6.45, 7) is 4.17. The molecule has 0 spiro atoms. The number of benzene rings is 2. The third-order valence-corrected chi connectivity index (χ3v) is 6.18. The van der Waals surface area contributed by atoms with Crippen molar-refractivity contribution in [1.82, 2.24) is 9.97 Å². The first-order valence-corrected chi connectivity index (χ1v) is 10.1. The number of nitrogens with zero attached hydrogens (tertiary/aromatic N) is 3. The molecule has 0 fully saturated rings. The van der Waals surface area contributed by atoms with Crippen molar-refractivity contribution in [3.8, 4) is 11.1 Å². The molecule has 0 unspecified atom stereocenters. The van der Waals surface area contributed by atoms with E-state index in [2.05, 4.69) is 68.6 Å². The van der Waals surface area contributed by atoms with Gasteiger partial charge in [-0.3, -0.25) is 10.1 Å². The summed E-state index contributed by atoms with van der Waals surface area (Å²) >= 11 is 4.99. The Morgan fingerprint density at radius 2 is 1.93 bits per heavy atom. The van der Waals surface area contributed by atoms with Gasteiger partial charge in [-0.25, -0.2) is 9.97 Å². The molecule has 28 heavy (non-hydrogen) atoms. The number of fused-ring (bicyclic) bond motifs is 1. The third-order valence-electron chi connectivity index (χ3n) is 4.60. The van der Waals surface area contributed by atoms with E-state index < -0.39 is 4.92 Å². The second kappa shape index (κ2) is 7.29. The lowest BCUT2D eigenvalue weighted by Crippen LogP contribution is -1.98. The molecule has 6 nitrogen and oxygen atoms in total. The molecule has 0 bridgehead atoms. The number of aryl methyl sites for hydroxylation is 2. The lowest BCUT2D eigenvalue weighted by molar-refractivity contribution is -0.384. The van der Waals surface area contributed by atoms with Crippen LogP contribution in [0.1, 0.15) is 11.1 Å². The molecule has 0 aliphatic heterocycles. The number of anilines is 2. The molecule has 1 N–H and O–H groups in total. The van der Waals surface area contributed by atoms with Crippen molar-refractivity contribution in [3.05, 3.63) is 73.8 Å². The second-order valence-electron chi connectivity index (χ2n) is 6.40. The Bertz CT molecular complexity index is 1220. The highest BCUT2D eigenvalue weighted by Crippen LogP contribution is 2.39. The lowest BCUT2D eigenvalue weighted by atomic mass is 10.0. The van der Waals surface area contributed by atoms with Gasteiger partial charge in [-0.2, -0.15) is 0 Å². The highest BCUT2D eigenvalue weighted by molar-refractivity contribution is 9.10. The predicted octanol–water partition coefficient (Wildman–Crippen LogP) is 6.39. The first-order valence-electron chi connectivity index (χ1n) is 8.45. The monoisotopic (exact) mass is 454 g/mol. The van der Waals surface area contributed by atoms with Gasteiger partial charge in [0.05, 0.1) is 16.0 Å². The van der Waals surface area contributed by atoms with E-state index in [1.807, 2.05) is 0 Å². The van der Waals surface area contributed by atoms with Gasteiger partial charge in [0, 0.05) is 27.5 Å². The van der Waals surface area contributed by atoms with Crippen molar-refractivity contribution in [2.24, 2.45) is 0 Å². The molecular weight excluding hydrogens is 440 g/mol. The van der Waals surface area contributed by atoms with E-state index in [-0.39, 0.29) is 5.69 Å². The maximum absolute atomic E-state index is 11.1. The molecule has 2 aromatic heterocycles. The summed E-state index contributed by atoms with van der Waals surface area (Å²) in [6, 6.07) is 10.9. The number of nitro benzene ring substituents is 1. The number of halogens is 1. The van der Waals surface area contributed by atoms with Crippen molar-refractivity contribution in [1.29, 1.82) is 0 Å². The molecule has 2 aromatic carbocycles. The number of nitro groups is 1. The second-order valence-corrected chi connectivity index (χ2v) is 8.11. The summed E-state index contributed by atoms with van der Waals surface area (Å²) in [7, 11) is 0. The minimum Gasteiger partial charge on any atom is -0.338 e. The highest BCUT2D eigenvalue weighted by Gasteiger charge is 2.16. The van der Waals surface area contributed by atoms with Gasteiger partial charge in [0.15, 0.2) is 0 Å². The lowest BCUT2D eigenvalue weighted by Gasteiger charge is -2.11. The maximum atomic E-state index is 11.1. The van der Waals surface area contributed by atoms with Crippen molar-refractivity contribution in [3.63, 3.8) is 0 Å². The van der Waals surface area contributed by atoms with Crippen LogP contribution in [0.2, 0.25) is 0 Å². The Morgan fingerprint density at radius 3 is 2.68 bits per heavy atom. The molecule has 0 atom stereocenters. The van der Waals surface area contributed by atoms with Gasteiger partial charge in [-0.15, -0.1) is 11.3 Å². The fourth-order valence-corrected chi connectivity index (χ4v) is 4.20. The molecule has 8 heteroatoms. The molecule has 0 aliphatic carbocycles. The van der Waals surface area contributed by atoms with Crippen molar-refractivity contribution >= 4 is 54.7 Å². The fraction of sp³-hybridized carbons (Fsp3) is 0.100. The van der Waals surface area contributed by atoms with E-state index in [0.717, 1.165) is 21.3 Å². The molecule has 2 heterocycles. The molecular formula is C20H15BrN4O2S. The fourth-order valence-electron chi connectivity index (χ4n) is 2.94. The van der Waals surface area contributed by atoms with Gasteiger partial charge in [0.25, 0.3) is 5.69 Å². The molecule has 4 aromatic rings. The summed E-state index contributed by atoms with van der Waals surface area (Å²) in [4.78, 5) is 20.4. The summed E-state index contributed by atoms with van der Waals surface area (Å²) in [5.41, 5.74) is 5.16. The van der Waals surface area contributed by atoms with Gasteiger partial charge in [-0.1, -0.05) is 18.2 Å². The van der Waals surface area contributed by atoms with Crippen LogP contribution in [0.15, 0.2) is 52.6 Å². The molecule has 0 amide bonds. The zero-order chi connectivity index (χ0) is 19.8. The first-order chi connectivity index (χ1) is 13.4. The quantitative estimate of drug-likeness (QED) is 0.285. The summed E-state index contributed by atoms with van der Waals surface area (Å²) in [6.07, 6.45) is 1.50. The van der Waals surface area contributed by atoms with Crippen LogP contribution in [0.4, 0.5) is 17.2 Å². The van der Waals surface area contributed by atoms with Gasteiger partial charge < -0.3 is 5.32 Å². The van der Waals surface area contributed by atoms with E-state index >= 15 is 0 Å². The molecule has 4 rings (SSSR count). The average molecular weight is 455 g/mol. The third kappa shape index (κ3) is 3.36. The van der Waals surface area contributed by atoms with Gasteiger partial charge >= 0.3 is 0 Å². The SMILES string of the molecule is Cc1ccc(-c2csc3ncnc(Nc4cc([N+](=O)[O-])ccc4Br)c23)cc1C. The minimum absolute atomic E-state index is 0.00991. The Morgan fingerprint density at radius 1 is 1.11 bits per heavy atom. The average Bonchev–Trinajstić information content (AvgIpc) is 3.11. The van der Waals surface area contributed by atoms with Crippen molar-refractivity contribution in [2.45, 2.75) is 13.8 Å². The van der Waals surface area contributed by atoms with Crippen LogP contribution in [-0.2, 0) is 0 Å². The van der Waals surface area contributed by atoms with Crippen LogP contribution >= 0.6 is 27.3 Å². The smallest absolute Gasteiger partial charge is 0.271 e. The topological polar surface area (TPSA) is 81.0 Å². The van der Waals surface area contributed by atoms with E-state index in [1.165, 1.54) is 29.6 Å². The summed E-state index contributed by atoms with van der Waals surface area (Å²) < 4.78 is 0.716. The van der Waals surface area contributed by atoms with Crippen LogP contribution in [0.3, 0.4) is 0 Å². The first kappa shape index (κ1) is 18.5. The highest BCUT2D eigenvalue weighted by atomic mass is 79.9. The number of hydrogen-bond acceptors (Lipinski definition) is 6. The Labute approximate surface area is 173 Å². The summed E-state index contributed by atoms with van der Waals surface area (Å²) in [5.74, 6) is 0.612. The van der Waals surface area contributed by atoms with Gasteiger partial charge in [0.1, 0.15) is 17.0 Å². The zero-order valence-corrected chi connectivity index (χ0v) is 17.5. The number of aromatic nitrogens is 2. The van der Waals surface area contributed by atoms with E-state index in [0.29, 0.717) is 16.0 Å². The normalized spacial score (nSPS) is 11.0. The summed E-state index contributed by atoms with van der Waals surface area (Å²) in [5, 5.41) is 17.3. The van der Waals surface area contributed by atoms with E-state index in [1.54, 1.807) is 17.4 Å². The van der Waals surface area contributed by atoms with Crippen LogP contribution in [0.25, 0.3) is 21.3 Å². The van der Waals surface area contributed by atoms with Crippen LogP contribution in [0, 0.1) is 24.0 Å². The Balaban J connectivity index is 1.85. The Kier molecular flexibility index (Phi) is 4.82. The number of non-ortho nitro benzene ring substituents is 1. The Hall–Kier alpha value is -2.84. The number of hydrogen-bond donors (Lipinski definition) is 1. The number of thiophene rings is 1. The van der Waals surface area contributed by atoms with Crippen LogP contribution < -0.4 is 5.32 Å². The predicted molar refractivity (Wildman–Crippen MR) is 116 cm³/mol. The largest absolute Gasteiger partial charge is 0.338 e. The molecule has 0 saturated carbocycles. The van der Waals surface area contributed by atoms with Crippen LogP contribution in [-0.4, -0.2) is 14.9 Å². The van der Waals surface area contributed by atoms with Crippen molar-refractivity contribution in [2.75, 3.05) is 5.32 Å². The molecule has 140 valence electrons. The van der Waals surface area contributed by atoms with E-state index in [9.17, 15) is 10.1 Å². The van der Waals surface area contributed by atoms with E-state index in [4.69, 9.17) is 0 Å². The molecule has 0 saturated heterocycles. The standard InChI is InChI=1S/C20H15BrN4O2S/c1-11-3-4-13(7-12(11)2)15-9-28-20-18(15)19(22-10-23-20)24-17-8-14(25(26)27)5-6-16(17)21/h3-10H,1-2H3,(H,22,23,24). The van der Waals surface area contributed by atoms with Gasteiger partial charge in [-0.05, 0) is 52.5 Å². The number of rotatable bonds is 4. The van der Waals surface area contributed by atoms with Gasteiger partial charge in [0.2, 0.25) is 0 Å². The van der Waals surface area contributed by atoms with Crippen molar-refractivity contribution < 1.29 is 4.92 Å². The number of nitrogens with one attached hydrogen (secondary N) is 1. The minimum atomic E-state index is -0.418. The molecule has 0 aliphatic rings. The van der Waals surface area contributed by atoms with Crippen LogP contribution in [0.5, 0.6) is 0 Å². The molecule has 0 radical (unpaired) electrons.